The molecule has 0 saturated heterocycles. The molecule has 1 aromatic heterocycles. The van der Waals surface area contributed by atoms with Crippen molar-refractivity contribution in [1.29, 1.82) is 0 Å². The normalized spacial score (nSPS) is 12.6. The topological polar surface area (TPSA) is 98.1 Å². The van der Waals surface area contributed by atoms with Gasteiger partial charge in [0.25, 0.3) is 0 Å². The number of hydrogen-bond acceptors (Lipinski definition) is 6. The highest BCUT2D eigenvalue weighted by molar-refractivity contribution is 7.91. The van der Waals surface area contributed by atoms with E-state index in [0.717, 1.165) is 23.1 Å². The highest BCUT2D eigenvalue weighted by atomic mass is 32.2. The molecule has 0 bridgehead atoms. The SMILES string of the molecule is CS(=O)(=O)c1ccc(NCCc2nc3ccccc3n2C(F)F)c(S(C)(=O)=O)c1. The summed E-state index contributed by atoms with van der Waals surface area (Å²) in [5, 5.41) is 2.89. The first-order chi connectivity index (χ1) is 13.5. The van der Waals surface area contributed by atoms with Crippen LogP contribution in [0.25, 0.3) is 11.0 Å². The largest absolute Gasteiger partial charge is 0.384 e. The summed E-state index contributed by atoms with van der Waals surface area (Å²) in [5.74, 6) is 0.155. The minimum absolute atomic E-state index is 0.107. The Hall–Kier alpha value is -2.53. The van der Waals surface area contributed by atoms with Gasteiger partial charge in [0.15, 0.2) is 19.7 Å². The zero-order valence-electron chi connectivity index (χ0n) is 15.6. The van der Waals surface area contributed by atoms with Crippen molar-refractivity contribution in [3.05, 3.63) is 48.3 Å². The van der Waals surface area contributed by atoms with Crippen LogP contribution >= 0.6 is 0 Å². The van der Waals surface area contributed by atoms with Gasteiger partial charge in [-0.3, -0.25) is 4.57 Å². The number of para-hydroxylation sites is 2. The minimum atomic E-state index is -3.72. The Morgan fingerprint density at radius 2 is 1.72 bits per heavy atom. The Balaban J connectivity index is 1.88. The van der Waals surface area contributed by atoms with E-state index in [1.807, 2.05) is 0 Å². The zero-order valence-corrected chi connectivity index (χ0v) is 17.3. The molecule has 0 aliphatic rings. The van der Waals surface area contributed by atoms with Gasteiger partial charge in [-0.05, 0) is 30.3 Å². The van der Waals surface area contributed by atoms with Crippen molar-refractivity contribution in [2.75, 3.05) is 24.4 Å². The minimum Gasteiger partial charge on any atom is -0.384 e. The third kappa shape index (κ3) is 4.56. The number of fused-ring (bicyclic) bond motifs is 1. The second kappa shape index (κ2) is 7.71. The monoisotopic (exact) mass is 443 g/mol. The predicted octanol–water partition coefficient (Wildman–Crippen LogP) is 2.89. The summed E-state index contributed by atoms with van der Waals surface area (Å²) < 4.78 is 75.4. The van der Waals surface area contributed by atoms with Gasteiger partial charge in [0.05, 0.1) is 26.5 Å². The van der Waals surface area contributed by atoms with Crippen LogP contribution in [0.5, 0.6) is 0 Å². The molecule has 1 heterocycles. The van der Waals surface area contributed by atoms with Crippen molar-refractivity contribution in [2.24, 2.45) is 0 Å². The van der Waals surface area contributed by atoms with E-state index in [1.165, 1.54) is 12.1 Å². The van der Waals surface area contributed by atoms with Gasteiger partial charge in [-0.1, -0.05) is 12.1 Å². The van der Waals surface area contributed by atoms with E-state index >= 15 is 0 Å². The van der Waals surface area contributed by atoms with Crippen LogP contribution in [0.4, 0.5) is 14.5 Å². The number of alkyl halides is 2. The van der Waals surface area contributed by atoms with Crippen LogP contribution in [-0.2, 0) is 26.1 Å². The molecule has 3 rings (SSSR count). The Labute approximate surface area is 167 Å². The molecule has 0 aliphatic heterocycles. The molecule has 1 N–H and O–H groups in total. The van der Waals surface area contributed by atoms with Crippen LogP contribution in [-0.4, -0.2) is 45.4 Å². The first-order valence-corrected chi connectivity index (χ1v) is 12.3. The molecule has 2 aromatic carbocycles. The molecule has 0 radical (unpaired) electrons. The standard InChI is InChI=1S/C18H19F2N3O4S2/c1-28(24,25)12-7-8-14(16(11-12)29(2,26)27)21-10-9-17-22-13-5-3-4-6-15(13)23(17)18(19)20/h3-8,11,18,21H,9-10H2,1-2H3. The number of benzene rings is 2. The number of nitrogens with one attached hydrogen (secondary N) is 1. The zero-order chi connectivity index (χ0) is 21.4. The van der Waals surface area contributed by atoms with Crippen molar-refractivity contribution >= 4 is 36.4 Å². The third-order valence-corrected chi connectivity index (χ3v) is 6.56. The quantitative estimate of drug-likeness (QED) is 0.603. The lowest BCUT2D eigenvalue weighted by Crippen LogP contribution is -2.13. The second-order valence-corrected chi connectivity index (χ2v) is 10.5. The molecule has 0 aliphatic carbocycles. The molecular formula is C18H19F2N3O4S2. The molecule has 7 nitrogen and oxygen atoms in total. The molecule has 3 aromatic rings. The van der Waals surface area contributed by atoms with E-state index in [4.69, 9.17) is 0 Å². The van der Waals surface area contributed by atoms with Gasteiger partial charge in [-0.25, -0.2) is 21.8 Å². The lowest BCUT2D eigenvalue weighted by atomic mass is 10.3. The summed E-state index contributed by atoms with van der Waals surface area (Å²) in [7, 11) is -7.31. The summed E-state index contributed by atoms with van der Waals surface area (Å²) >= 11 is 0. The number of hydrogen-bond donors (Lipinski definition) is 1. The van der Waals surface area contributed by atoms with E-state index in [2.05, 4.69) is 10.3 Å². The van der Waals surface area contributed by atoms with Gasteiger partial charge in [0, 0.05) is 25.5 Å². The summed E-state index contributed by atoms with van der Waals surface area (Å²) in [6.45, 7) is -2.64. The molecule has 0 saturated carbocycles. The molecule has 11 heteroatoms. The summed E-state index contributed by atoms with van der Waals surface area (Å²) in [5.41, 5.74) is 0.948. The molecule has 0 fully saturated rings. The maximum atomic E-state index is 13.5. The van der Waals surface area contributed by atoms with Crippen molar-refractivity contribution in [3.8, 4) is 0 Å². The smallest absolute Gasteiger partial charge is 0.320 e. The predicted molar refractivity (Wildman–Crippen MR) is 106 cm³/mol. The summed E-state index contributed by atoms with van der Waals surface area (Å²) in [4.78, 5) is 3.93. The summed E-state index contributed by atoms with van der Waals surface area (Å²) in [6, 6.07) is 10.3. The van der Waals surface area contributed by atoms with Gasteiger partial charge in [-0.15, -0.1) is 0 Å². The van der Waals surface area contributed by atoms with E-state index in [0.29, 0.717) is 11.0 Å². The average molecular weight is 443 g/mol. The fourth-order valence-electron chi connectivity index (χ4n) is 2.98. The number of sulfone groups is 2. The first kappa shape index (κ1) is 21.2. The third-order valence-electron chi connectivity index (χ3n) is 4.31. The number of rotatable bonds is 7. The van der Waals surface area contributed by atoms with Crippen LogP contribution in [0.15, 0.2) is 52.3 Å². The fraction of sp³-hybridized carbons (Fsp3) is 0.278. The van der Waals surface area contributed by atoms with E-state index < -0.39 is 26.2 Å². The maximum Gasteiger partial charge on any atom is 0.320 e. The Morgan fingerprint density at radius 3 is 2.34 bits per heavy atom. The number of halogens is 2. The van der Waals surface area contributed by atoms with E-state index in [1.54, 1.807) is 24.3 Å². The lowest BCUT2D eigenvalue weighted by molar-refractivity contribution is 0.0716. The molecule has 29 heavy (non-hydrogen) atoms. The maximum absolute atomic E-state index is 13.5. The van der Waals surface area contributed by atoms with Crippen molar-refractivity contribution < 1.29 is 25.6 Å². The van der Waals surface area contributed by atoms with E-state index in [9.17, 15) is 25.6 Å². The van der Waals surface area contributed by atoms with Crippen LogP contribution in [0.3, 0.4) is 0 Å². The van der Waals surface area contributed by atoms with Crippen LogP contribution < -0.4 is 5.32 Å². The van der Waals surface area contributed by atoms with Crippen LogP contribution in [0.2, 0.25) is 0 Å². The first-order valence-electron chi connectivity index (χ1n) is 8.50. The van der Waals surface area contributed by atoms with Gasteiger partial charge in [0.2, 0.25) is 0 Å². The Kier molecular flexibility index (Phi) is 5.63. The lowest BCUT2D eigenvalue weighted by Gasteiger charge is -2.13. The van der Waals surface area contributed by atoms with Crippen molar-refractivity contribution in [3.63, 3.8) is 0 Å². The summed E-state index contributed by atoms with van der Waals surface area (Å²) in [6.07, 6.45) is 2.06. The van der Waals surface area contributed by atoms with Gasteiger partial charge >= 0.3 is 6.55 Å². The fourth-order valence-corrected chi connectivity index (χ4v) is 4.59. The Bertz CT molecular complexity index is 1270. The molecule has 0 unspecified atom stereocenters. The van der Waals surface area contributed by atoms with Crippen LogP contribution in [0, 0.1) is 0 Å². The molecule has 0 spiro atoms. The van der Waals surface area contributed by atoms with Crippen molar-refractivity contribution in [1.82, 2.24) is 9.55 Å². The van der Waals surface area contributed by atoms with Gasteiger partial charge in [0.1, 0.15) is 5.82 Å². The van der Waals surface area contributed by atoms with Gasteiger partial charge in [-0.2, -0.15) is 8.78 Å². The molecular weight excluding hydrogens is 424 g/mol. The van der Waals surface area contributed by atoms with Gasteiger partial charge < -0.3 is 5.32 Å². The Morgan fingerprint density at radius 1 is 1.03 bits per heavy atom. The number of anilines is 1. The number of aromatic nitrogens is 2. The highest BCUT2D eigenvalue weighted by Gasteiger charge is 2.19. The molecule has 0 atom stereocenters. The van der Waals surface area contributed by atoms with Crippen molar-refractivity contribution in [2.45, 2.75) is 22.8 Å². The van der Waals surface area contributed by atoms with Crippen LogP contribution in [0.1, 0.15) is 12.4 Å². The number of imidazole rings is 1. The molecule has 156 valence electrons. The molecule has 0 amide bonds. The van der Waals surface area contributed by atoms with E-state index in [-0.39, 0.29) is 34.3 Å². The highest BCUT2D eigenvalue weighted by Crippen LogP contribution is 2.26. The number of nitrogens with zero attached hydrogens (tertiary/aromatic N) is 2. The average Bonchev–Trinajstić information content (AvgIpc) is 2.98. The second-order valence-electron chi connectivity index (χ2n) is 6.54.